The number of hydrogen-bond acceptors (Lipinski definition) is 0. The van der Waals surface area contributed by atoms with Crippen LogP contribution >= 0.6 is 0 Å². The first kappa shape index (κ1) is 12.3. The molecule has 0 aliphatic rings. The van der Waals surface area contributed by atoms with Gasteiger partial charge in [-0.2, -0.15) is 0 Å². The third kappa shape index (κ3) is 1.90. The Labute approximate surface area is 101 Å². The highest BCUT2D eigenvalue weighted by molar-refractivity contribution is 6.78. The zero-order valence-electron chi connectivity index (χ0n) is 10.6. The third-order valence-corrected chi connectivity index (χ3v) is 5.36. The van der Waals surface area contributed by atoms with Crippen LogP contribution in [0.4, 0.5) is 8.78 Å². The zero-order chi connectivity index (χ0) is 12.8. The number of benzene rings is 1. The van der Waals surface area contributed by atoms with Gasteiger partial charge in [0.05, 0.1) is 0 Å². The van der Waals surface area contributed by atoms with E-state index in [-0.39, 0.29) is 5.56 Å². The summed E-state index contributed by atoms with van der Waals surface area (Å²) in [4.78, 5) is 0. The standard InChI is InChI=1S/C13H17F2NSi/c1-16-8-7-10-9-11(5-6-12(10)16)13(14,15)17(2,3)4/h5-9H,1-4H3. The first-order valence-electron chi connectivity index (χ1n) is 5.67. The number of aryl methyl sites for hydroxylation is 1. The van der Waals surface area contributed by atoms with Gasteiger partial charge in [-0.15, -0.1) is 0 Å². The Hall–Kier alpha value is -1.16. The molecule has 0 aliphatic heterocycles. The van der Waals surface area contributed by atoms with E-state index >= 15 is 0 Å². The fraction of sp³-hybridized carbons (Fsp3) is 0.385. The molecule has 0 spiro atoms. The quantitative estimate of drug-likeness (QED) is 0.709. The molecule has 0 amide bonds. The Kier molecular flexibility index (Phi) is 2.65. The molecule has 0 saturated carbocycles. The Bertz CT molecular complexity index is 552. The number of aromatic nitrogens is 1. The van der Waals surface area contributed by atoms with Crippen molar-refractivity contribution in [1.82, 2.24) is 4.57 Å². The molecular weight excluding hydrogens is 236 g/mol. The summed E-state index contributed by atoms with van der Waals surface area (Å²) in [7, 11) is -0.631. The van der Waals surface area contributed by atoms with E-state index in [9.17, 15) is 8.78 Å². The summed E-state index contributed by atoms with van der Waals surface area (Å²) >= 11 is 0. The van der Waals surface area contributed by atoms with E-state index < -0.39 is 13.6 Å². The molecule has 92 valence electrons. The van der Waals surface area contributed by atoms with Crippen molar-refractivity contribution in [2.75, 3.05) is 0 Å². The lowest BCUT2D eigenvalue weighted by Gasteiger charge is -2.29. The fourth-order valence-electron chi connectivity index (χ4n) is 1.91. The summed E-state index contributed by atoms with van der Waals surface area (Å²) in [6, 6.07) is 6.83. The minimum atomic E-state index is -2.68. The molecule has 0 radical (unpaired) electrons. The van der Waals surface area contributed by atoms with Crippen molar-refractivity contribution in [3.05, 3.63) is 36.0 Å². The van der Waals surface area contributed by atoms with E-state index in [4.69, 9.17) is 0 Å². The predicted molar refractivity (Wildman–Crippen MR) is 70.2 cm³/mol. The molecule has 2 rings (SSSR count). The molecule has 1 heterocycles. The summed E-state index contributed by atoms with van der Waals surface area (Å²) in [5.41, 5.74) is -1.55. The highest BCUT2D eigenvalue weighted by atomic mass is 28.3. The van der Waals surface area contributed by atoms with Crippen molar-refractivity contribution in [3.63, 3.8) is 0 Å². The van der Waals surface area contributed by atoms with Crippen LogP contribution in [0.1, 0.15) is 5.56 Å². The molecule has 0 atom stereocenters. The first-order valence-corrected chi connectivity index (χ1v) is 9.17. The second-order valence-corrected chi connectivity index (χ2v) is 10.7. The maximum Gasteiger partial charge on any atom is 0.253 e. The lowest BCUT2D eigenvalue weighted by molar-refractivity contribution is 0.0796. The van der Waals surface area contributed by atoms with Crippen LogP contribution in [0.15, 0.2) is 30.5 Å². The molecule has 0 N–H and O–H groups in total. The van der Waals surface area contributed by atoms with Crippen molar-refractivity contribution in [3.8, 4) is 0 Å². The maximum atomic E-state index is 14.3. The van der Waals surface area contributed by atoms with Crippen LogP contribution < -0.4 is 0 Å². The molecule has 0 saturated heterocycles. The molecule has 0 fully saturated rings. The van der Waals surface area contributed by atoms with Gasteiger partial charge in [-0.3, -0.25) is 0 Å². The summed E-state index contributed by atoms with van der Waals surface area (Å²) < 4.78 is 30.4. The molecule has 17 heavy (non-hydrogen) atoms. The van der Waals surface area contributed by atoms with Gasteiger partial charge in [0.2, 0.25) is 0 Å². The fourth-order valence-corrected chi connectivity index (χ4v) is 2.93. The van der Waals surface area contributed by atoms with Crippen LogP contribution in [0.25, 0.3) is 10.9 Å². The van der Waals surface area contributed by atoms with Crippen LogP contribution in [-0.2, 0) is 12.6 Å². The Balaban J connectivity index is 2.57. The third-order valence-electron chi connectivity index (χ3n) is 3.19. The Morgan fingerprint density at radius 2 is 1.76 bits per heavy atom. The highest BCUT2D eigenvalue weighted by Crippen LogP contribution is 2.38. The van der Waals surface area contributed by atoms with Gasteiger partial charge in [0.15, 0.2) is 0 Å². The van der Waals surface area contributed by atoms with E-state index in [2.05, 4.69) is 0 Å². The van der Waals surface area contributed by atoms with Crippen molar-refractivity contribution < 1.29 is 8.78 Å². The molecule has 2 aromatic rings. The number of rotatable bonds is 2. The molecule has 1 nitrogen and oxygen atoms in total. The average molecular weight is 253 g/mol. The van der Waals surface area contributed by atoms with Gasteiger partial charge in [-0.1, -0.05) is 25.7 Å². The molecule has 4 heteroatoms. The van der Waals surface area contributed by atoms with Crippen LogP contribution in [0.3, 0.4) is 0 Å². The van der Waals surface area contributed by atoms with E-state index in [1.165, 1.54) is 0 Å². The van der Waals surface area contributed by atoms with Crippen LogP contribution in [0, 0.1) is 0 Å². The summed E-state index contributed by atoms with van der Waals surface area (Å²) in [6.07, 6.45) is 1.89. The van der Waals surface area contributed by atoms with Crippen molar-refractivity contribution in [2.45, 2.75) is 25.2 Å². The summed E-state index contributed by atoms with van der Waals surface area (Å²) in [5.74, 6) is 0. The van der Waals surface area contributed by atoms with Crippen LogP contribution in [-0.4, -0.2) is 12.6 Å². The Morgan fingerprint density at radius 1 is 1.12 bits per heavy atom. The van der Waals surface area contributed by atoms with E-state index in [0.717, 1.165) is 10.9 Å². The smallest absolute Gasteiger partial charge is 0.253 e. The number of alkyl halides is 2. The van der Waals surface area contributed by atoms with E-state index in [1.54, 1.807) is 37.8 Å². The highest BCUT2D eigenvalue weighted by Gasteiger charge is 2.46. The number of halogens is 2. The zero-order valence-corrected chi connectivity index (χ0v) is 11.6. The molecule has 0 bridgehead atoms. The molecular formula is C13H17F2NSi. The van der Waals surface area contributed by atoms with E-state index in [0.29, 0.717) is 0 Å². The predicted octanol–water partition coefficient (Wildman–Crippen LogP) is 4.15. The van der Waals surface area contributed by atoms with Gasteiger partial charge in [0, 0.05) is 29.7 Å². The van der Waals surface area contributed by atoms with Crippen LogP contribution in [0.5, 0.6) is 0 Å². The molecule has 1 aromatic heterocycles. The molecule has 0 unspecified atom stereocenters. The van der Waals surface area contributed by atoms with Crippen molar-refractivity contribution in [2.24, 2.45) is 7.05 Å². The monoisotopic (exact) mass is 253 g/mol. The topological polar surface area (TPSA) is 4.93 Å². The van der Waals surface area contributed by atoms with Gasteiger partial charge < -0.3 is 4.57 Å². The second kappa shape index (κ2) is 3.67. The molecule has 1 aromatic carbocycles. The normalized spacial score (nSPS) is 13.3. The SMILES string of the molecule is Cn1ccc2cc(C(F)(F)[Si](C)(C)C)ccc21. The van der Waals surface area contributed by atoms with Gasteiger partial charge in [-0.05, 0) is 18.2 Å². The lowest BCUT2D eigenvalue weighted by atomic mass is 10.1. The summed E-state index contributed by atoms with van der Waals surface area (Å²) in [5, 5.41) is 0.878. The number of nitrogens with zero attached hydrogens (tertiary/aromatic N) is 1. The Morgan fingerprint density at radius 3 is 2.35 bits per heavy atom. The largest absolute Gasteiger partial charge is 0.351 e. The minimum Gasteiger partial charge on any atom is -0.351 e. The van der Waals surface area contributed by atoms with Crippen LogP contribution in [0.2, 0.25) is 19.6 Å². The number of hydrogen-bond donors (Lipinski definition) is 0. The van der Waals surface area contributed by atoms with Gasteiger partial charge in [0.25, 0.3) is 5.55 Å². The number of fused-ring (bicyclic) bond motifs is 1. The van der Waals surface area contributed by atoms with Crippen molar-refractivity contribution in [1.29, 1.82) is 0 Å². The maximum absolute atomic E-state index is 14.3. The van der Waals surface area contributed by atoms with Gasteiger partial charge in [0.1, 0.15) is 8.07 Å². The minimum absolute atomic E-state index is 0.148. The van der Waals surface area contributed by atoms with Crippen molar-refractivity contribution >= 4 is 19.0 Å². The van der Waals surface area contributed by atoms with Gasteiger partial charge >= 0.3 is 0 Å². The average Bonchev–Trinajstić information content (AvgIpc) is 2.58. The summed E-state index contributed by atoms with van der Waals surface area (Å²) in [6.45, 7) is 5.09. The second-order valence-electron chi connectivity index (χ2n) is 5.52. The molecule has 0 aliphatic carbocycles. The lowest BCUT2D eigenvalue weighted by Crippen LogP contribution is -2.42. The van der Waals surface area contributed by atoms with E-state index in [1.807, 2.05) is 23.9 Å². The first-order chi connectivity index (χ1) is 7.73. The van der Waals surface area contributed by atoms with Gasteiger partial charge in [-0.25, -0.2) is 8.78 Å².